The maximum Gasteiger partial charge on any atom is 0.311 e. The molecular formula is C27H25N3O7. The second-order valence-corrected chi connectivity index (χ2v) is 8.37. The van der Waals surface area contributed by atoms with Gasteiger partial charge in [-0.05, 0) is 42.3 Å². The Kier molecular flexibility index (Phi) is 7.95. The number of methoxy groups -OCH3 is 1. The highest BCUT2D eigenvalue weighted by Gasteiger charge is 2.34. The first kappa shape index (κ1) is 25.6. The normalized spacial score (nSPS) is 15.3. The molecule has 2 aromatic carbocycles. The second-order valence-electron chi connectivity index (χ2n) is 8.37. The van der Waals surface area contributed by atoms with E-state index in [0.29, 0.717) is 43.0 Å². The third-order valence-electron chi connectivity index (χ3n) is 6.01. The molecule has 0 bridgehead atoms. The van der Waals surface area contributed by atoms with Crippen LogP contribution in [0.1, 0.15) is 39.1 Å². The van der Waals surface area contributed by atoms with Gasteiger partial charge in [-0.2, -0.15) is 5.26 Å². The van der Waals surface area contributed by atoms with Crippen LogP contribution in [-0.2, 0) is 14.3 Å². The number of hydrogen-bond donors (Lipinski definition) is 0. The largest absolute Gasteiger partial charge is 0.493 e. The van der Waals surface area contributed by atoms with E-state index >= 15 is 0 Å². The molecule has 2 aliphatic heterocycles. The Morgan fingerprint density at radius 1 is 1.05 bits per heavy atom. The minimum Gasteiger partial charge on any atom is -0.493 e. The van der Waals surface area contributed by atoms with Crippen LogP contribution in [0.3, 0.4) is 0 Å². The van der Waals surface area contributed by atoms with Gasteiger partial charge in [0.2, 0.25) is 0 Å². The average Bonchev–Trinajstić information content (AvgIpc) is 3.17. The van der Waals surface area contributed by atoms with Crippen LogP contribution < -0.4 is 9.47 Å². The Morgan fingerprint density at radius 2 is 1.73 bits per heavy atom. The smallest absolute Gasteiger partial charge is 0.311 e. The standard InChI is InChI=1S/C27H25N3O7/c1-35-23-16-18(15-19(17-28)25(32)29-11-13-36-14-12-29)8-9-22(23)37-24(31)7-4-10-30-26(33)20-5-2-3-6-21(20)27(30)34/h2-3,5-6,8-9,15-16H,4,7,10-14H2,1H3/b19-15+. The highest BCUT2D eigenvalue weighted by molar-refractivity contribution is 6.21. The molecule has 0 atom stereocenters. The van der Waals surface area contributed by atoms with Gasteiger partial charge in [-0.25, -0.2) is 0 Å². The molecule has 0 unspecified atom stereocenters. The minimum atomic E-state index is -0.557. The van der Waals surface area contributed by atoms with Crippen LogP contribution in [0, 0.1) is 11.3 Å². The van der Waals surface area contributed by atoms with Crippen LogP contribution in [0.4, 0.5) is 0 Å². The fourth-order valence-electron chi connectivity index (χ4n) is 4.10. The fourth-order valence-corrected chi connectivity index (χ4v) is 4.10. The lowest BCUT2D eigenvalue weighted by molar-refractivity contribution is -0.134. The van der Waals surface area contributed by atoms with Crippen LogP contribution in [0.5, 0.6) is 11.5 Å². The van der Waals surface area contributed by atoms with Crippen molar-refractivity contribution >= 4 is 29.8 Å². The molecule has 1 fully saturated rings. The van der Waals surface area contributed by atoms with Crippen LogP contribution >= 0.6 is 0 Å². The summed E-state index contributed by atoms with van der Waals surface area (Å²) in [5, 5.41) is 9.49. The van der Waals surface area contributed by atoms with Gasteiger partial charge in [0.05, 0.1) is 31.5 Å². The fraction of sp³-hybridized carbons (Fsp3) is 0.296. The molecule has 4 rings (SSSR count). The monoisotopic (exact) mass is 503 g/mol. The van der Waals surface area contributed by atoms with E-state index in [2.05, 4.69) is 0 Å². The van der Waals surface area contributed by atoms with Gasteiger partial charge in [-0.15, -0.1) is 0 Å². The highest BCUT2D eigenvalue weighted by atomic mass is 16.6. The molecule has 3 amide bonds. The van der Waals surface area contributed by atoms with E-state index in [-0.39, 0.29) is 54.2 Å². The minimum absolute atomic E-state index is 0.0230. The van der Waals surface area contributed by atoms with E-state index < -0.39 is 5.97 Å². The molecular weight excluding hydrogens is 478 g/mol. The first-order valence-electron chi connectivity index (χ1n) is 11.8. The molecule has 0 spiro atoms. The van der Waals surface area contributed by atoms with Crippen molar-refractivity contribution in [1.29, 1.82) is 5.26 Å². The van der Waals surface area contributed by atoms with Gasteiger partial charge in [-0.3, -0.25) is 24.1 Å². The lowest BCUT2D eigenvalue weighted by Gasteiger charge is -2.26. The van der Waals surface area contributed by atoms with Crippen LogP contribution in [0.25, 0.3) is 6.08 Å². The lowest BCUT2D eigenvalue weighted by atomic mass is 10.1. The summed E-state index contributed by atoms with van der Waals surface area (Å²) in [7, 11) is 1.41. The van der Waals surface area contributed by atoms with Gasteiger partial charge in [0.1, 0.15) is 11.6 Å². The molecule has 0 aliphatic carbocycles. The first-order valence-corrected chi connectivity index (χ1v) is 11.8. The molecule has 2 aliphatic rings. The zero-order chi connectivity index (χ0) is 26.4. The van der Waals surface area contributed by atoms with Gasteiger partial charge < -0.3 is 19.1 Å². The van der Waals surface area contributed by atoms with Gasteiger partial charge in [0.25, 0.3) is 17.7 Å². The Morgan fingerprint density at radius 3 is 2.35 bits per heavy atom. The van der Waals surface area contributed by atoms with E-state index in [9.17, 15) is 24.4 Å². The van der Waals surface area contributed by atoms with Crippen molar-refractivity contribution in [3.63, 3.8) is 0 Å². The maximum atomic E-state index is 12.6. The molecule has 10 heteroatoms. The summed E-state index contributed by atoms with van der Waals surface area (Å²) in [6.07, 6.45) is 1.67. The van der Waals surface area contributed by atoms with Crippen molar-refractivity contribution in [2.24, 2.45) is 0 Å². The number of imide groups is 1. The zero-order valence-corrected chi connectivity index (χ0v) is 20.3. The van der Waals surface area contributed by atoms with Crippen molar-refractivity contribution in [2.45, 2.75) is 12.8 Å². The number of amides is 3. The van der Waals surface area contributed by atoms with Crippen LogP contribution in [0.15, 0.2) is 48.0 Å². The van der Waals surface area contributed by atoms with E-state index in [1.54, 1.807) is 41.3 Å². The van der Waals surface area contributed by atoms with Crippen molar-refractivity contribution < 1.29 is 33.4 Å². The molecule has 0 N–H and O–H groups in total. The predicted molar refractivity (Wildman–Crippen MR) is 131 cm³/mol. The van der Waals surface area contributed by atoms with Gasteiger partial charge in [-0.1, -0.05) is 18.2 Å². The number of nitriles is 1. The number of nitrogens with zero attached hydrogens (tertiary/aromatic N) is 3. The Bertz CT molecular complexity index is 1270. The topological polar surface area (TPSA) is 126 Å². The van der Waals surface area contributed by atoms with Gasteiger partial charge in [0, 0.05) is 26.1 Å². The Labute approximate surface area is 213 Å². The molecule has 0 saturated carbocycles. The van der Waals surface area contributed by atoms with Crippen molar-refractivity contribution in [3.05, 3.63) is 64.7 Å². The molecule has 0 radical (unpaired) electrons. The summed E-state index contributed by atoms with van der Waals surface area (Å²) in [5.41, 5.74) is 1.22. The molecule has 37 heavy (non-hydrogen) atoms. The van der Waals surface area contributed by atoms with Crippen molar-refractivity contribution in [2.75, 3.05) is 40.0 Å². The summed E-state index contributed by atoms with van der Waals surface area (Å²) >= 11 is 0. The Balaban J connectivity index is 1.35. The van der Waals surface area contributed by atoms with E-state index in [4.69, 9.17) is 14.2 Å². The molecule has 0 aromatic heterocycles. The number of carbonyl (C=O) groups excluding carboxylic acids is 4. The number of esters is 1. The zero-order valence-electron chi connectivity index (χ0n) is 20.3. The average molecular weight is 504 g/mol. The number of morpholine rings is 1. The molecule has 10 nitrogen and oxygen atoms in total. The predicted octanol–water partition coefficient (Wildman–Crippen LogP) is 2.44. The summed E-state index contributed by atoms with van der Waals surface area (Å²) < 4.78 is 16.0. The summed E-state index contributed by atoms with van der Waals surface area (Å²) in [6, 6.07) is 13.2. The number of rotatable bonds is 8. The number of benzene rings is 2. The Hall–Kier alpha value is -4.49. The lowest BCUT2D eigenvalue weighted by Crippen LogP contribution is -2.41. The summed E-state index contributed by atoms with van der Waals surface area (Å²) in [5.74, 6) is -1.26. The second kappa shape index (κ2) is 11.5. The molecule has 1 saturated heterocycles. The van der Waals surface area contributed by atoms with Gasteiger partial charge >= 0.3 is 5.97 Å². The van der Waals surface area contributed by atoms with E-state index in [1.165, 1.54) is 19.3 Å². The van der Waals surface area contributed by atoms with Crippen molar-refractivity contribution in [3.8, 4) is 17.6 Å². The van der Waals surface area contributed by atoms with E-state index in [1.807, 2.05) is 6.07 Å². The number of carbonyl (C=O) groups is 4. The first-order chi connectivity index (χ1) is 17.9. The highest BCUT2D eigenvalue weighted by Crippen LogP contribution is 2.30. The van der Waals surface area contributed by atoms with Gasteiger partial charge in [0.15, 0.2) is 11.5 Å². The third kappa shape index (κ3) is 5.68. The number of fused-ring (bicyclic) bond motifs is 1. The van der Waals surface area contributed by atoms with Crippen LogP contribution in [0.2, 0.25) is 0 Å². The van der Waals surface area contributed by atoms with Crippen LogP contribution in [-0.4, -0.2) is 73.4 Å². The molecule has 190 valence electrons. The number of hydrogen-bond acceptors (Lipinski definition) is 8. The van der Waals surface area contributed by atoms with Crippen molar-refractivity contribution in [1.82, 2.24) is 9.80 Å². The molecule has 2 aromatic rings. The quantitative estimate of drug-likeness (QED) is 0.177. The SMILES string of the molecule is COc1cc(/C=C(\C#N)C(=O)N2CCOCC2)ccc1OC(=O)CCCN1C(=O)c2ccccc2C1=O. The molecule has 2 heterocycles. The third-order valence-corrected chi connectivity index (χ3v) is 6.01. The van der Waals surface area contributed by atoms with E-state index in [0.717, 1.165) is 4.90 Å². The number of ether oxygens (including phenoxy) is 3. The maximum absolute atomic E-state index is 12.6. The summed E-state index contributed by atoms with van der Waals surface area (Å²) in [4.78, 5) is 52.6. The summed E-state index contributed by atoms with van der Waals surface area (Å²) in [6.45, 7) is 1.79.